The summed E-state index contributed by atoms with van der Waals surface area (Å²) >= 11 is 0. The predicted octanol–water partition coefficient (Wildman–Crippen LogP) is -1.60. The van der Waals surface area contributed by atoms with Crippen LogP contribution in [0.1, 0.15) is 6.92 Å². The van der Waals surface area contributed by atoms with Crippen molar-refractivity contribution in [3.8, 4) is 0 Å². The monoisotopic (exact) mass is 161 g/mol. The summed E-state index contributed by atoms with van der Waals surface area (Å²) in [5, 5.41) is 27.7. The fraction of sp³-hybridized carbons (Fsp3) is 1.00. The van der Waals surface area contributed by atoms with Crippen LogP contribution in [0.4, 0.5) is 0 Å². The molecule has 0 saturated carbocycles. The largest absolute Gasteiger partial charge is 0.389 e. The molecule has 1 aliphatic heterocycles. The molecule has 0 aromatic heterocycles. The average molecular weight is 161 g/mol. The van der Waals surface area contributed by atoms with Crippen LogP contribution in [0.2, 0.25) is 0 Å². The van der Waals surface area contributed by atoms with Crippen LogP contribution >= 0.6 is 0 Å². The lowest BCUT2D eigenvalue weighted by Crippen LogP contribution is -2.58. The van der Waals surface area contributed by atoms with Crippen molar-refractivity contribution in [2.45, 2.75) is 31.3 Å². The van der Waals surface area contributed by atoms with Gasteiger partial charge >= 0.3 is 0 Å². The van der Waals surface area contributed by atoms with Gasteiger partial charge in [0.1, 0.15) is 6.10 Å². The van der Waals surface area contributed by atoms with E-state index in [2.05, 4.69) is 0 Å². The molecule has 3 N–H and O–H groups in total. The molecule has 66 valence electrons. The molecule has 0 radical (unpaired) electrons. The van der Waals surface area contributed by atoms with Crippen LogP contribution < -0.4 is 0 Å². The average Bonchev–Trinajstić information content (AvgIpc) is 1.97. The van der Waals surface area contributed by atoms with Crippen molar-refractivity contribution in [2.75, 3.05) is 13.6 Å². The molecule has 1 saturated heterocycles. The highest BCUT2D eigenvalue weighted by Crippen LogP contribution is 2.16. The van der Waals surface area contributed by atoms with Crippen LogP contribution in [0.3, 0.4) is 0 Å². The van der Waals surface area contributed by atoms with Crippen molar-refractivity contribution in [3.05, 3.63) is 0 Å². The van der Waals surface area contributed by atoms with Crippen LogP contribution in [0, 0.1) is 0 Å². The molecule has 1 fully saturated rings. The Morgan fingerprint density at radius 1 is 1.18 bits per heavy atom. The number of aliphatic hydroxyl groups excluding tert-OH is 3. The second-order valence-electron chi connectivity index (χ2n) is 3.23. The van der Waals surface area contributed by atoms with Crippen LogP contribution in [-0.4, -0.2) is 58.2 Å². The fourth-order valence-electron chi connectivity index (χ4n) is 1.34. The first-order valence-corrected chi connectivity index (χ1v) is 3.78. The van der Waals surface area contributed by atoms with Gasteiger partial charge in [0.15, 0.2) is 0 Å². The third-order valence-corrected chi connectivity index (χ3v) is 2.41. The summed E-state index contributed by atoms with van der Waals surface area (Å²) in [4.78, 5) is 1.82. The summed E-state index contributed by atoms with van der Waals surface area (Å²) in [5.74, 6) is 0. The van der Waals surface area contributed by atoms with Crippen molar-refractivity contribution >= 4 is 0 Å². The molecule has 0 amide bonds. The van der Waals surface area contributed by atoms with E-state index in [1.807, 2.05) is 18.9 Å². The van der Waals surface area contributed by atoms with Gasteiger partial charge in [-0.15, -0.1) is 0 Å². The van der Waals surface area contributed by atoms with E-state index in [0.717, 1.165) is 0 Å². The summed E-state index contributed by atoms with van der Waals surface area (Å²) in [6.45, 7) is 2.24. The number of hydrogen-bond acceptors (Lipinski definition) is 4. The molecule has 4 unspecified atom stereocenters. The third-order valence-electron chi connectivity index (χ3n) is 2.41. The summed E-state index contributed by atoms with van der Waals surface area (Å²) in [6.07, 6.45) is -2.67. The lowest BCUT2D eigenvalue weighted by Gasteiger charge is -2.40. The molecular weight excluding hydrogens is 146 g/mol. The van der Waals surface area contributed by atoms with E-state index in [-0.39, 0.29) is 6.04 Å². The SMILES string of the molecule is CC1C(O)C(O)C(O)CN1C. The number of rotatable bonds is 0. The number of likely N-dealkylation sites (N-methyl/N-ethyl adjacent to an activating group) is 1. The summed E-state index contributed by atoms with van der Waals surface area (Å²) in [5.41, 5.74) is 0. The van der Waals surface area contributed by atoms with Crippen LogP contribution in [0.25, 0.3) is 0 Å². The van der Waals surface area contributed by atoms with Gasteiger partial charge in [0.25, 0.3) is 0 Å². The van der Waals surface area contributed by atoms with E-state index in [4.69, 9.17) is 0 Å². The van der Waals surface area contributed by atoms with Gasteiger partial charge in [0.2, 0.25) is 0 Å². The van der Waals surface area contributed by atoms with E-state index in [0.29, 0.717) is 6.54 Å². The Kier molecular flexibility index (Phi) is 2.49. The van der Waals surface area contributed by atoms with Gasteiger partial charge in [-0.1, -0.05) is 0 Å². The zero-order valence-electron chi connectivity index (χ0n) is 6.81. The van der Waals surface area contributed by atoms with E-state index < -0.39 is 18.3 Å². The second-order valence-corrected chi connectivity index (χ2v) is 3.23. The molecule has 0 aromatic carbocycles. The van der Waals surface area contributed by atoms with Gasteiger partial charge in [-0.3, -0.25) is 4.90 Å². The molecule has 0 spiro atoms. The lowest BCUT2D eigenvalue weighted by molar-refractivity contribution is -0.127. The maximum absolute atomic E-state index is 9.34. The smallest absolute Gasteiger partial charge is 0.108 e. The van der Waals surface area contributed by atoms with E-state index in [1.54, 1.807) is 0 Å². The Morgan fingerprint density at radius 2 is 1.73 bits per heavy atom. The Balaban J connectivity index is 2.63. The minimum absolute atomic E-state index is 0.0894. The molecule has 4 atom stereocenters. The zero-order valence-corrected chi connectivity index (χ0v) is 6.81. The van der Waals surface area contributed by atoms with E-state index >= 15 is 0 Å². The molecule has 4 nitrogen and oxygen atoms in total. The molecule has 1 aliphatic rings. The Morgan fingerprint density at radius 3 is 2.27 bits per heavy atom. The normalized spacial score (nSPS) is 47.7. The Bertz CT molecular complexity index is 128. The second kappa shape index (κ2) is 3.06. The van der Waals surface area contributed by atoms with Gasteiger partial charge in [0, 0.05) is 12.6 Å². The van der Waals surface area contributed by atoms with Gasteiger partial charge < -0.3 is 15.3 Å². The number of aliphatic hydroxyl groups is 3. The Hall–Kier alpha value is -0.160. The zero-order chi connectivity index (χ0) is 8.59. The number of β-amino-alcohol motifs (C(OH)–C–C–N with tert-alkyl or cyclic N) is 1. The molecule has 1 rings (SSSR count). The summed E-state index contributed by atoms with van der Waals surface area (Å²) in [7, 11) is 1.81. The number of likely N-dealkylation sites (tertiary alicyclic amines) is 1. The van der Waals surface area contributed by atoms with Crippen molar-refractivity contribution < 1.29 is 15.3 Å². The molecular formula is C7H15NO3. The predicted molar refractivity (Wildman–Crippen MR) is 40.1 cm³/mol. The third kappa shape index (κ3) is 1.54. The molecule has 11 heavy (non-hydrogen) atoms. The summed E-state index contributed by atoms with van der Waals surface area (Å²) < 4.78 is 0. The first-order chi connectivity index (χ1) is 5.04. The van der Waals surface area contributed by atoms with Crippen molar-refractivity contribution in [3.63, 3.8) is 0 Å². The molecule has 0 bridgehead atoms. The van der Waals surface area contributed by atoms with Crippen molar-refractivity contribution in [1.82, 2.24) is 4.90 Å². The maximum Gasteiger partial charge on any atom is 0.108 e. The number of nitrogens with zero attached hydrogens (tertiary/aromatic N) is 1. The standard InChI is InChI=1S/C7H15NO3/c1-4-6(10)7(11)5(9)3-8(4)2/h4-7,9-11H,3H2,1-2H3. The van der Waals surface area contributed by atoms with Gasteiger partial charge in [-0.05, 0) is 14.0 Å². The topological polar surface area (TPSA) is 63.9 Å². The maximum atomic E-state index is 9.34. The first-order valence-electron chi connectivity index (χ1n) is 3.78. The van der Waals surface area contributed by atoms with E-state index in [1.165, 1.54) is 0 Å². The molecule has 1 heterocycles. The minimum Gasteiger partial charge on any atom is -0.389 e. The van der Waals surface area contributed by atoms with Crippen LogP contribution in [0.5, 0.6) is 0 Å². The highest BCUT2D eigenvalue weighted by atomic mass is 16.4. The van der Waals surface area contributed by atoms with Gasteiger partial charge in [0.05, 0.1) is 12.2 Å². The fourth-order valence-corrected chi connectivity index (χ4v) is 1.34. The van der Waals surface area contributed by atoms with Crippen LogP contribution in [0.15, 0.2) is 0 Å². The molecule has 0 aliphatic carbocycles. The summed E-state index contributed by atoms with van der Waals surface area (Å²) in [6, 6.07) is -0.0894. The first kappa shape index (κ1) is 8.93. The van der Waals surface area contributed by atoms with Gasteiger partial charge in [-0.2, -0.15) is 0 Å². The number of piperidine rings is 1. The van der Waals surface area contributed by atoms with Gasteiger partial charge in [-0.25, -0.2) is 0 Å². The van der Waals surface area contributed by atoms with Crippen LogP contribution in [-0.2, 0) is 0 Å². The lowest BCUT2D eigenvalue weighted by atomic mass is 9.96. The number of hydrogen-bond donors (Lipinski definition) is 3. The highest BCUT2D eigenvalue weighted by molar-refractivity contribution is 4.90. The minimum atomic E-state index is -0.999. The molecule has 0 aromatic rings. The highest BCUT2D eigenvalue weighted by Gasteiger charge is 2.36. The van der Waals surface area contributed by atoms with Crippen molar-refractivity contribution in [2.24, 2.45) is 0 Å². The van der Waals surface area contributed by atoms with Crippen molar-refractivity contribution in [1.29, 1.82) is 0 Å². The molecule has 4 heteroatoms. The Labute approximate surface area is 66.1 Å². The van der Waals surface area contributed by atoms with E-state index in [9.17, 15) is 15.3 Å². The quantitative estimate of drug-likeness (QED) is 0.400.